The molecule has 0 aromatic heterocycles. The third-order valence-electron chi connectivity index (χ3n) is 3.97. The molecular weight excluding hydrogens is 498 g/mol. The van der Waals surface area contributed by atoms with Gasteiger partial charge in [0.05, 0.1) is 6.54 Å². The van der Waals surface area contributed by atoms with E-state index in [9.17, 15) is 18.0 Å². The number of nitrogens with one attached hydrogen (secondary N) is 2. The molecule has 0 heterocycles. The van der Waals surface area contributed by atoms with Crippen molar-refractivity contribution in [2.75, 3.05) is 54.4 Å². The van der Waals surface area contributed by atoms with E-state index in [-0.39, 0.29) is 29.9 Å². The molecule has 10 heteroatoms. The Morgan fingerprint density at radius 1 is 1.14 bits per heavy atom. The average molecular weight is 529 g/mol. The molecule has 166 valence electrons. The van der Waals surface area contributed by atoms with Gasteiger partial charge in [-0.3, -0.25) is 14.7 Å². The Morgan fingerprint density at radius 3 is 2.38 bits per heavy atom. The summed E-state index contributed by atoms with van der Waals surface area (Å²) in [6, 6.07) is 7.48. The number of alkyl halides is 3. The number of benzene rings is 1. The first-order chi connectivity index (χ1) is 13.1. The smallest absolute Gasteiger partial charge is 0.356 e. The molecule has 6 nitrogen and oxygen atoms in total. The number of amides is 1. The minimum atomic E-state index is -4.17. The minimum absolute atomic E-state index is 0. The summed E-state index contributed by atoms with van der Waals surface area (Å²) in [6.45, 7) is 0.577. The van der Waals surface area contributed by atoms with Crippen LogP contribution in [0.25, 0.3) is 0 Å². The molecule has 0 saturated carbocycles. The molecular formula is C19H31F3IN5O. The first-order valence-electron chi connectivity index (χ1n) is 9.13. The molecule has 0 aliphatic heterocycles. The predicted octanol–water partition coefficient (Wildman–Crippen LogP) is 2.60. The van der Waals surface area contributed by atoms with Gasteiger partial charge in [0.15, 0.2) is 5.96 Å². The number of hydrogen-bond acceptors (Lipinski definition) is 3. The van der Waals surface area contributed by atoms with E-state index >= 15 is 0 Å². The van der Waals surface area contributed by atoms with E-state index in [2.05, 4.69) is 15.6 Å². The summed E-state index contributed by atoms with van der Waals surface area (Å²) in [5, 5.41) is 6.25. The second kappa shape index (κ2) is 13.6. The van der Waals surface area contributed by atoms with Gasteiger partial charge in [0.25, 0.3) is 5.91 Å². The molecule has 0 bridgehead atoms. The zero-order valence-electron chi connectivity index (χ0n) is 17.3. The molecule has 1 rings (SSSR count). The third-order valence-corrected chi connectivity index (χ3v) is 3.97. The van der Waals surface area contributed by atoms with E-state index in [0.717, 1.165) is 5.56 Å². The fourth-order valence-corrected chi connectivity index (χ4v) is 2.60. The maximum atomic E-state index is 12.3. The Labute approximate surface area is 187 Å². The van der Waals surface area contributed by atoms with Crippen LogP contribution >= 0.6 is 24.0 Å². The highest BCUT2D eigenvalue weighted by atomic mass is 127. The van der Waals surface area contributed by atoms with Gasteiger partial charge < -0.3 is 15.5 Å². The lowest BCUT2D eigenvalue weighted by molar-refractivity contribution is -0.143. The Kier molecular flexibility index (Phi) is 12.9. The second-order valence-electron chi connectivity index (χ2n) is 6.78. The number of aliphatic imine (C=N–C) groups is 1. The van der Waals surface area contributed by atoms with Crippen LogP contribution in [0.15, 0.2) is 29.3 Å². The van der Waals surface area contributed by atoms with Gasteiger partial charge >= 0.3 is 6.18 Å². The topological polar surface area (TPSA) is 60.0 Å². The summed E-state index contributed by atoms with van der Waals surface area (Å²) in [7, 11) is 6.53. The molecule has 0 saturated heterocycles. The van der Waals surface area contributed by atoms with Gasteiger partial charge in [0.2, 0.25) is 0 Å². The number of nitrogens with zero attached hydrogens (tertiary/aromatic N) is 3. The van der Waals surface area contributed by atoms with Crippen LogP contribution in [0, 0.1) is 0 Å². The summed E-state index contributed by atoms with van der Waals surface area (Å²) in [5.41, 5.74) is 1.68. The van der Waals surface area contributed by atoms with Crippen molar-refractivity contribution in [2.24, 2.45) is 4.99 Å². The molecule has 1 amide bonds. The van der Waals surface area contributed by atoms with Gasteiger partial charge in [-0.1, -0.05) is 12.1 Å². The summed E-state index contributed by atoms with van der Waals surface area (Å²) >= 11 is 0. The summed E-state index contributed by atoms with van der Waals surface area (Å²) < 4.78 is 36.8. The minimum Gasteiger partial charge on any atom is -0.356 e. The van der Waals surface area contributed by atoms with Crippen molar-refractivity contribution >= 4 is 35.8 Å². The van der Waals surface area contributed by atoms with Gasteiger partial charge in [-0.2, -0.15) is 13.2 Å². The van der Waals surface area contributed by atoms with Crippen molar-refractivity contribution in [3.8, 4) is 0 Å². The molecule has 0 unspecified atom stereocenters. The van der Waals surface area contributed by atoms with E-state index in [1.54, 1.807) is 27.2 Å². The number of guanidine groups is 1. The zero-order chi connectivity index (χ0) is 21.2. The molecule has 0 radical (unpaired) electrons. The van der Waals surface area contributed by atoms with Gasteiger partial charge in [0.1, 0.15) is 0 Å². The molecule has 29 heavy (non-hydrogen) atoms. The summed E-state index contributed by atoms with van der Waals surface area (Å²) in [4.78, 5) is 18.9. The third kappa shape index (κ3) is 11.9. The zero-order valence-corrected chi connectivity index (χ0v) is 19.7. The van der Waals surface area contributed by atoms with Gasteiger partial charge in [-0.05, 0) is 44.1 Å². The Bertz CT molecular complexity index is 653. The Morgan fingerprint density at radius 2 is 1.79 bits per heavy atom. The molecule has 1 aromatic rings. The molecule has 0 aliphatic rings. The lowest BCUT2D eigenvalue weighted by atomic mass is 10.1. The molecule has 0 spiro atoms. The van der Waals surface area contributed by atoms with Crippen molar-refractivity contribution < 1.29 is 18.0 Å². The van der Waals surface area contributed by atoms with Crippen LogP contribution in [0.5, 0.6) is 0 Å². The van der Waals surface area contributed by atoms with E-state index < -0.39 is 12.7 Å². The fraction of sp³-hybridized carbons (Fsp3) is 0.579. The molecule has 0 fully saturated rings. The highest BCUT2D eigenvalue weighted by Gasteiger charge is 2.28. The lowest BCUT2D eigenvalue weighted by Gasteiger charge is -2.19. The quantitative estimate of drug-likeness (QED) is 0.224. The average Bonchev–Trinajstić information content (AvgIpc) is 2.61. The molecule has 0 atom stereocenters. The van der Waals surface area contributed by atoms with Crippen LogP contribution in [-0.4, -0.2) is 82.2 Å². The monoisotopic (exact) mass is 529 g/mol. The first kappa shape index (κ1) is 27.4. The fourth-order valence-electron chi connectivity index (χ4n) is 2.60. The van der Waals surface area contributed by atoms with E-state index in [1.807, 2.05) is 18.2 Å². The van der Waals surface area contributed by atoms with Crippen LogP contribution < -0.4 is 10.6 Å². The number of rotatable bonds is 9. The van der Waals surface area contributed by atoms with E-state index in [0.29, 0.717) is 44.0 Å². The van der Waals surface area contributed by atoms with Crippen molar-refractivity contribution in [2.45, 2.75) is 19.0 Å². The highest BCUT2D eigenvalue weighted by molar-refractivity contribution is 14.0. The number of carbonyl (C=O) groups is 1. The van der Waals surface area contributed by atoms with E-state index in [1.165, 1.54) is 16.8 Å². The molecule has 1 aromatic carbocycles. The Balaban J connectivity index is 0.00000784. The van der Waals surface area contributed by atoms with Crippen LogP contribution in [-0.2, 0) is 6.42 Å². The van der Waals surface area contributed by atoms with Crippen LogP contribution in [0.3, 0.4) is 0 Å². The normalized spacial score (nSPS) is 11.8. The number of hydrogen-bond donors (Lipinski definition) is 2. The van der Waals surface area contributed by atoms with Crippen molar-refractivity contribution in [1.82, 2.24) is 20.4 Å². The Hall–Kier alpha value is -1.56. The van der Waals surface area contributed by atoms with Crippen LogP contribution in [0.1, 0.15) is 22.3 Å². The second-order valence-corrected chi connectivity index (χ2v) is 6.78. The van der Waals surface area contributed by atoms with Crippen LogP contribution in [0.4, 0.5) is 13.2 Å². The van der Waals surface area contributed by atoms with Crippen molar-refractivity contribution in [3.05, 3.63) is 35.4 Å². The van der Waals surface area contributed by atoms with Crippen LogP contribution in [0.2, 0.25) is 0 Å². The number of halogens is 4. The number of carbonyl (C=O) groups excluding carboxylic acids is 1. The summed E-state index contributed by atoms with van der Waals surface area (Å²) in [5.74, 6) is 0.557. The SMILES string of the molecule is CN=C(NCCCN(C)CC(F)(F)F)NCCc1cccc(C(=O)N(C)C)c1.I. The van der Waals surface area contributed by atoms with Gasteiger partial charge in [-0.15, -0.1) is 24.0 Å². The van der Waals surface area contributed by atoms with E-state index in [4.69, 9.17) is 0 Å². The standard InChI is InChI=1S/C19H30F3N5O.HI/c1-23-18(24-10-6-12-27(4)14-19(20,21)22)25-11-9-15-7-5-8-16(13-15)17(28)26(2)3;/h5,7-8,13H,6,9-12,14H2,1-4H3,(H2,23,24,25);1H. The summed E-state index contributed by atoms with van der Waals surface area (Å²) in [6.07, 6.45) is -2.89. The molecule has 0 aliphatic carbocycles. The maximum absolute atomic E-state index is 12.3. The lowest BCUT2D eigenvalue weighted by Crippen LogP contribution is -2.40. The van der Waals surface area contributed by atoms with Gasteiger partial charge in [0, 0.05) is 39.8 Å². The highest BCUT2D eigenvalue weighted by Crippen LogP contribution is 2.15. The largest absolute Gasteiger partial charge is 0.401 e. The molecule has 2 N–H and O–H groups in total. The van der Waals surface area contributed by atoms with Gasteiger partial charge in [-0.25, -0.2) is 0 Å². The maximum Gasteiger partial charge on any atom is 0.401 e. The first-order valence-corrected chi connectivity index (χ1v) is 9.13. The predicted molar refractivity (Wildman–Crippen MR) is 121 cm³/mol. The van der Waals surface area contributed by atoms with Crippen molar-refractivity contribution in [3.63, 3.8) is 0 Å². The van der Waals surface area contributed by atoms with Crippen molar-refractivity contribution in [1.29, 1.82) is 0 Å².